The van der Waals surface area contributed by atoms with Gasteiger partial charge in [-0.05, 0) is 23.7 Å². The fourth-order valence-corrected chi connectivity index (χ4v) is 2.41. The Balaban J connectivity index is 1.84. The summed E-state index contributed by atoms with van der Waals surface area (Å²) < 4.78 is 1.24. The standard InChI is InChI=1S/C12H16N4O5/c17-11(8-15-6-3-10(13-15)16(20)21)14-4-1-9(2-5-14)7-12(18)19/h3,6,9H,1-2,4-5,7-8H2,(H,18,19). The first-order valence-corrected chi connectivity index (χ1v) is 6.63. The van der Waals surface area contributed by atoms with Crippen LogP contribution in [0.3, 0.4) is 0 Å². The number of nitro groups is 1. The molecule has 1 N–H and O–H groups in total. The van der Waals surface area contributed by atoms with E-state index in [0.29, 0.717) is 25.9 Å². The van der Waals surface area contributed by atoms with Crippen molar-refractivity contribution in [1.82, 2.24) is 14.7 Å². The molecule has 1 aromatic heterocycles. The van der Waals surface area contributed by atoms with Crippen LogP contribution in [0.4, 0.5) is 5.82 Å². The monoisotopic (exact) mass is 296 g/mol. The average Bonchev–Trinajstić information content (AvgIpc) is 2.87. The molecule has 0 saturated carbocycles. The number of piperidine rings is 1. The number of carboxylic acid groups (broad SMARTS) is 1. The molecule has 1 aliphatic heterocycles. The molecule has 1 amide bonds. The second-order valence-electron chi connectivity index (χ2n) is 5.05. The van der Waals surface area contributed by atoms with E-state index in [4.69, 9.17) is 5.11 Å². The van der Waals surface area contributed by atoms with Gasteiger partial charge in [-0.3, -0.25) is 9.59 Å². The molecule has 114 valence electrons. The Labute approximate surface area is 120 Å². The Kier molecular flexibility index (Phi) is 4.51. The zero-order valence-electron chi connectivity index (χ0n) is 11.3. The van der Waals surface area contributed by atoms with Gasteiger partial charge in [0.25, 0.3) is 0 Å². The first-order chi connectivity index (χ1) is 9.95. The van der Waals surface area contributed by atoms with E-state index in [9.17, 15) is 19.7 Å². The SMILES string of the molecule is O=C(O)CC1CCN(C(=O)Cn2ccc([N+](=O)[O-])n2)CC1. The van der Waals surface area contributed by atoms with Crippen LogP contribution < -0.4 is 0 Å². The van der Waals surface area contributed by atoms with Crippen LogP contribution in [0, 0.1) is 16.0 Å². The molecule has 1 saturated heterocycles. The summed E-state index contributed by atoms with van der Waals surface area (Å²) in [5.41, 5.74) is 0. The highest BCUT2D eigenvalue weighted by atomic mass is 16.6. The number of nitrogens with zero attached hydrogens (tertiary/aromatic N) is 4. The number of likely N-dealkylation sites (tertiary alicyclic amines) is 1. The highest BCUT2D eigenvalue weighted by molar-refractivity contribution is 5.76. The highest BCUT2D eigenvalue weighted by Gasteiger charge is 2.25. The molecule has 0 bridgehead atoms. The summed E-state index contributed by atoms with van der Waals surface area (Å²) in [5.74, 6) is -1.16. The molecule has 2 rings (SSSR count). The smallest absolute Gasteiger partial charge is 0.389 e. The van der Waals surface area contributed by atoms with Crippen molar-refractivity contribution >= 4 is 17.7 Å². The van der Waals surface area contributed by atoms with E-state index in [1.54, 1.807) is 4.90 Å². The number of aromatic nitrogens is 2. The topological polar surface area (TPSA) is 119 Å². The van der Waals surface area contributed by atoms with Crippen LogP contribution in [0.15, 0.2) is 12.3 Å². The molecule has 1 aromatic rings. The number of carbonyl (C=O) groups is 2. The van der Waals surface area contributed by atoms with Crippen LogP contribution in [0.25, 0.3) is 0 Å². The Morgan fingerprint density at radius 1 is 1.43 bits per heavy atom. The highest BCUT2D eigenvalue weighted by Crippen LogP contribution is 2.20. The predicted molar refractivity (Wildman–Crippen MR) is 70.4 cm³/mol. The summed E-state index contributed by atoms with van der Waals surface area (Å²) in [7, 11) is 0. The molecular formula is C12H16N4O5. The van der Waals surface area contributed by atoms with Gasteiger partial charge in [-0.15, -0.1) is 0 Å². The van der Waals surface area contributed by atoms with Crippen molar-refractivity contribution in [3.63, 3.8) is 0 Å². The van der Waals surface area contributed by atoms with Crippen LogP contribution in [0.2, 0.25) is 0 Å². The molecule has 0 unspecified atom stereocenters. The van der Waals surface area contributed by atoms with Crippen molar-refractivity contribution in [1.29, 1.82) is 0 Å². The number of aliphatic carboxylic acids is 1. The third-order valence-corrected chi connectivity index (χ3v) is 3.54. The lowest BCUT2D eigenvalue weighted by atomic mass is 9.93. The van der Waals surface area contributed by atoms with E-state index >= 15 is 0 Å². The van der Waals surface area contributed by atoms with Gasteiger partial charge in [-0.25, -0.2) is 0 Å². The largest absolute Gasteiger partial charge is 0.481 e. The van der Waals surface area contributed by atoms with Crippen molar-refractivity contribution < 1.29 is 19.6 Å². The number of hydrogen-bond acceptors (Lipinski definition) is 5. The van der Waals surface area contributed by atoms with E-state index in [1.165, 1.54) is 16.9 Å². The summed E-state index contributed by atoms with van der Waals surface area (Å²) in [6.07, 6.45) is 2.86. The molecule has 21 heavy (non-hydrogen) atoms. The Morgan fingerprint density at radius 2 is 2.10 bits per heavy atom. The Hall–Kier alpha value is -2.45. The molecule has 0 aromatic carbocycles. The quantitative estimate of drug-likeness (QED) is 0.624. The maximum atomic E-state index is 12.1. The summed E-state index contributed by atoms with van der Waals surface area (Å²) in [4.78, 5) is 34.2. The van der Waals surface area contributed by atoms with Crippen LogP contribution in [-0.2, 0) is 16.1 Å². The summed E-state index contributed by atoms with van der Waals surface area (Å²) in [5, 5.41) is 22.9. The number of hydrogen-bond donors (Lipinski definition) is 1. The van der Waals surface area contributed by atoms with Crippen molar-refractivity contribution in [2.24, 2.45) is 5.92 Å². The second-order valence-corrected chi connectivity index (χ2v) is 5.05. The van der Waals surface area contributed by atoms with Gasteiger partial charge in [-0.1, -0.05) is 0 Å². The second kappa shape index (κ2) is 6.33. The van der Waals surface area contributed by atoms with Crippen molar-refractivity contribution in [2.75, 3.05) is 13.1 Å². The predicted octanol–water partition coefficient (Wildman–Crippen LogP) is 0.505. The lowest BCUT2D eigenvalue weighted by Gasteiger charge is -2.31. The summed E-state index contributed by atoms with van der Waals surface area (Å²) in [6.45, 7) is 0.984. The van der Waals surface area contributed by atoms with Crippen molar-refractivity contribution in [3.8, 4) is 0 Å². The van der Waals surface area contributed by atoms with E-state index in [0.717, 1.165) is 0 Å². The van der Waals surface area contributed by atoms with Gasteiger partial charge in [0, 0.05) is 19.5 Å². The third kappa shape index (κ3) is 4.01. The summed E-state index contributed by atoms with van der Waals surface area (Å²) >= 11 is 0. The minimum atomic E-state index is -0.816. The number of amides is 1. The van der Waals surface area contributed by atoms with Crippen LogP contribution in [-0.4, -0.2) is 49.7 Å². The van der Waals surface area contributed by atoms with Crippen molar-refractivity contribution in [2.45, 2.75) is 25.8 Å². The molecule has 1 aliphatic rings. The van der Waals surface area contributed by atoms with Gasteiger partial charge in [-0.2, -0.15) is 4.68 Å². The van der Waals surface area contributed by atoms with E-state index in [1.807, 2.05) is 0 Å². The van der Waals surface area contributed by atoms with Gasteiger partial charge < -0.3 is 20.1 Å². The molecule has 0 atom stereocenters. The van der Waals surface area contributed by atoms with Crippen LogP contribution in [0.1, 0.15) is 19.3 Å². The van der Waals surface area contributed by atoms with Crippen LogP contribution >= 0.6 is 0 Å². The fourth-order valence-electron chi connectivity index (χ4n) is 2.41. The molecule has 0 radical (unpaired) electrons. The van der Waals surface area contributed by atoms with Gasteiger partial charge in [0.1, 0.15) is 6.54 Å². The lowest BCUT2D eigenvalue weighted by Crippen LogP contribution is -2.40. The average molecular weight is 296 g/mol. The van der Waals surface area contributed by atoms with E-state index < -0.39 is 10.9 Å². The van der Waals surface area contributed by atoms with Crippen molar-refractivity contribution in [3.05, 3.63) is 22.4 Å². The minimum Gasteiger partial charge on any atom is -0.481 e. The number of carbonyl (C=O) groups excluding carboxylic acids is 1. The van der Waals surface area contributed by atoms with Crippen LogP contribution in [0.5, 0.6) is 0 Å². The normalized spacial score (nSPS) is 15.9. The molecular weight excluding hydrogens is 280 g/mol. The van der Waals surface area contributed by atoms with Gasteiger partial charge in [0.15, 0.2) is 0 Å². The molecule has 1 fully saturated rings. The zero-order valence-corrected chi connectivity index (χ0v) is 11.3. The van der Waals surface area contributed by atoms with Gasteiger partial charge in [0.05, 0.1) is 17.4 Å². The molecule has 0 aliphatic carbocycles. The van der Waals surface area contributed by atoms with Gasteiger partial charge in [0.2, 0.25) is 5.91 Å². The minimum absolute atomic E-state index is 0.0442. The van der Waals surface area contributed by atoms with E-state index in [-0.39, 0.29) is 30.6 Å². The Bertz CT molecular complexity index is 548. The zero-order chi connectivity index (χ0) is 15.4. The molecule has 0 spiro atoms. The fraction of sp³-hybridized carbons (Fsp3) is 0.583. The first kappa shape index (κ1) is 14.9. The Morgan fingerprint density at radius 3 is 2.62 bits per heavy atom. The maximum absolute atomic E-state index is 12.1. The molecule has 2 heterocycles. The number of rotatable bonds is 5. The summed E-state index contributed by atoms with van der Waals surface area (Å²) in [6, 6.07) is 1.24. The molecule has 9 nitrogen and oxygen atoms in total. The lowest BCUT2D eigenvalue weighted by molar-refractivity contribution is -0.389. The van der Waals surface area contributed by atoms with E-state index in [2.05, 4.69) is 5.10 Å². The molecule has 9 heteroatoms. The third-order valence-electron chi connectivity index (χ3n) is 3.54. The van der Waals surface area contributed by atoms with Gasteiger partial charge >= 0.3 is 11.8 Å². The number of carboxylic acids is 1. The maximum Gasteiger partial charge on any atom is 0.389 e. The first-order valence-electron chi connectivity index (χ1n) is 6.63.